The maximum Gasteiger partial charge on any atom is 0.162 e. The van der Waals surface area contributed by atoms with E-state index in [-0.39, 0.29) is 5.78 Å². The van der Waals surface area contributed by atoms with E-state index in [4.69, 9.17) is 0 Å². The molecule has 0 amide bonds. The number of fused-ring (bicyclic) bond motifs is 2. The van der Waals surface area contributed by atoms with Crippen molar-refractivity contribution in [3.63, 3.8) is 0 Å². The Bertz CT molecular complexity index is 757. The molecule has 1 aliphatic heterocycles. The number of nitrogens with zero attached hydrogens (tertiary/aromatic N) is 2. The number of hydrogen-bond acceptors (Lipinski definition) is 4. The van der Waals surface area contributed by atoms with Crippen molar-refractivity contribution in [3.05, 3.63) is 48.0 Å². The van der Waals surface area contributed by atoms with Crippen LogP contribution in [0.25, 0.3) is 0 Å². The van der Waals surface area contributed by atoms with Gasteiger partial charge in [0.1, 0.15) is 0 Å². The normalized spacial score (nSPS) is 14.3. The van der Waals surface area contributed by atoms with Crippen LogP contribution >= 0.6 is 11.8 Å². The first-order valence-corrected chi connectivity index (χ1v) is 9.21. The fraction of sp³-hybridized carbons (Fsp3) is 0.350. The summed E-state index contributed by atoms with van der Waals surface area (Å²) >= 11 is 1.78. The third-order valence-electron chi connectivity index (χ3n) is 4.60. The molecule has 0 radical (unpaired) electrons. The van der Waals surface area contributed by atoms with Crippen LogP contribution in [0.2, 0.25) is 0 Å². The van der Waals surface area contributed by atoms with Gasteiger partial charge in [-0.1, -0.05) is 36.9 Å². The van der Waals surface area contributed by atoms with E-state index in [9.17, 15) is 4.79 Å². The van der Waals surface area contributed by atoms with Crippen LogP contribution in [0.5, 0.6) is 0 Å². The van der Waals surface area contributed by atoms with E-state index in [1.54, 1.807) is 11.8 Å². The van der Waals surface area contributed by atoms with Gasteiger partial charge in [0.2, 0.25) is 0 Å². The van der Waals surface area contributed by atoms with Crippen molar-refractivity contribution in [2.75, 3.05) is 25.5 Å². The van der Waals surface area contributed by atoms with Crippen LogP contribution in [-0.4, -0.2) is 37.4 Å². The number of carbonyl (C=O) groups is 1. The number of ketones is 1. The number of benzene rings is 2. The number of Topliss-reactive ketones (excluding diaryl/α,β-unsaturated/α-hetero) is 1. The zero-order chi connectivity index (χ0) is 17.3. The van der Waals surface area contributed by atoms with Crippen molar-refractivity contribution in [1.29, 1.82) is 0 Å². The smallest absolute Gasteiger partial charge is 0.162 e. The Kier molecular flexibility index (Phi) is 4.97. The molecule has 2 aromatic carbocycles. The van der Waals surface area contributed by atoms with E-state index < -0.39 is 0 Å². The number of rotatable bonds is 5. The predicted octanol–water partition coefficient (Wildman–Crippen LogP) is 4.83. The van der Waals surface area contributed by atoms with Crippen LogP contribution < -0.4 is 4.90 Å². The molecule has 2 aromatic rings. The fourth-order valence-corrected chi connectivity index (χ4v) is 3.91. The first-order chi connectivity index (χ1) is 11.5. The second kappa shape index (κ2) is 6.99. The molecule has 0 saturated carbocycles. The molecular formula is C20H24N2OS. The third-order valence-corrected chi connectivity index (χ3v) is 5.73. The van der Waals surface area contributed by atoms with Crippen LogP contribution in [-0.2, 0) is 0 Å². The van der Waals surface area contributed by atoms with E-state index in [1.807, 2.05) is 13.0 Å². The third kappa shape index (κ3) is 3.21. The molecule has 0 saturated heterocycles. The molecule has 0 unspecified atom stereocenters. The number of hydrogen-bond donors (Lipinski definition) is 0. The summed E-state index contributed by atoms with van der Waals surface area (Å²) in [6.07, 6.45) is 0.538. The van der Waals surface area contributed by atoms with Crippen molar-refractivity contribution < 1.29 is 4.79 Å². The van der Waals surface area contributed by atoms with Crippen molar-refractivity contribution in [2.24, 2.45) is 0 Å². The average molecular weight is 340 g/mol. The predicted molar refractivity (Wildman–Crippen MR) is 102 cm³/mol. The standard InChI is InChI=1S/C20H24N2OS/c1-5-18(23)15-10-11-20-17(12-15)22(13-14(2)21(3)4)16-8-6-7-9-19(16)24-20/h6-12,14H,5,13H2,1-4H3/t14-/m0/s1. The number of carbonyl (C=O) groups excluding carboxylic acids is 1. The lowest BCUT2D eigenvalue weighted by molar-refractivity contribution is 0.0988. The summed E-state index contributed by atoms with van der Waals surface area (Å²) in [6.45, 7) is 5.03. The first-order valence-electron chi connectivity index (χ1n) is 8.39. The van der Waals surface area contributed by atoms with E-state index in [2.05, 4.69) is 67.2 Å². The topological polar surface area (TPSA) is 23.6 Å². The van der Waals surface area contributed by atoms with E-state index >= 15 is 0 Å². The van der Waals surface area contributed by atoms with Crippen molar-refractivity contribution in [2.45, 2.75) is 36.1 Å². The molecule has 3 nitrogen and oxygen atoms in total. The van der Waals surface area contributed by atoms with Crippen LogP contribution in [0, 0.1) is 0 Å². The second-order valence-electron chi connectivity index (χ2n) is 6.45. The van der Waals surface area contributed by atoms with Crippen molar-refractivity contribution in [1.82, 2.24) is 4.90 Å². The molecule has 0 aromatic heterocycles. The molecule has 1 heterocycles. The van der Waals surface area contributed by atoms with Crippen LogP contribution in [0.1, 0.15) is 30.6 Å². The van der Waals surface area contributed by atoms with Crippen molar-refractivity contribution in [3.8, 4) is 0 Å². The van der Waals surface area contributed by atoms with Gasteiger partial charge in [-0.25, -0.2) is 0 Å². The highest BCUT2D eigenvalue weighted by Gasteiger charge is 2.25. The lowest BCUT2D eigenvalue weighted by Crippen LogP contribution is -2.37. The summed E-state index contributed by atoms with van der Waals surface area (Å²) in [4.78, 5) is 19.2. The highest BCUT2D eigenvalue weighted by atomic mass is 32.2. The molecule has 0 N–H and O–H groups in total. The summed E-state index contributed by atoms with van der Waals surface area (Å²) in [5.41, 5.74) is 3.18. The second-order valence-corrected chi connectivity index (χ2v) is 7.54. The Morgan fingerprint density at radius 1 is 1.12 bits per heavy atom. The molecule has 1 atom stereocenters. The Morgan fingerprint density at radius 2 is 1.83 bits per heavy atom. The quantitative estimate of drug-likeness (QED) is 0.727. The Hall–Kier alpha value is -1.78. The molecule has 0 fully saturated rings. The van der Waals surface area contributed by atoms with Crippen molar-refractivity contribution >= 4 is 28.9 Å². The first kappa shape index (κ1) is 17.1. The van der Waals surface area contributed by atoms with Crippen LogP contribution in [0.3, 0.4) is 0 Å². The van der Waals surface area contributed by atoms with Crippen LogP contribution in [0.15, 0.2) is 52.3 Å². The fourth-order valence-electron chi connectivity index (χ4n) is 2.83. The maximum absolute atomic E-state index is 12.1. The molecule has 4 heteroatoms. The minimum Gasteiger partial charge on any atom is -0.338 e. The molecule has 1 aliphatic rings. The zero-order valence-electron chi connectivity index (χ0n) is 14.7. The molecule has 24 heavy (non-hydrogen) atoms. The monoisotopic (exact) mass is 340 g/mol. The van der Waals surface area contributed by atoms with Gasteiger partial charge in [-0.05, 0) is 45.3 Å². The highest BCUT2D eigenvalue weighted by molar-refractivity contribution is 7.99. The van der Waals surface area contributed by atoms with E-state index in [1.165, 1.54) is 15.5 Å². The summed E-state index contributed by atoms with van der Waals surface area (Å²) in [7, 11) is 4.21. The van der Waals surface area contributed by atoms with Gasteiger partial charge < -0.3 is 9.80 Å². The SMILES string of the molecule is CCC(=O)c1ccc2c(c1)N(C[C@H](C)N(C)C)c1ccccc1S2. The Morgan fingerprint density at radius 3 is 2.54 bits per heavy atom. The molecule has 3 rings (SSSR count). The Balaban J connectivity index is 2.07. The molecule has 0 bridgehead atoms. The minimum absolute atomic E-state index is 0.197. The summed E-state index contributed by atoms with van der Waals surface area (Å²) < 4.78 is 0. The highest BCUT2D eigenvalue weighted by Crippen LogP contribution is 2.48. The van der Waals surface area contributed by atoms with Gasteiger partial charge in [0, 0.05) is 34.4 Å². The van der Waals surface area contributed by atoms with E-state index in [0.29, 0.717) is 12.5 Å². The molecule has 0 spiro atoms. The molecular weight excluding hydrogens is 316 g/mol. The van der Waals surface area contributed by atoms with E-state index in [0.717, 1.165) is 17.8 Å². The molecule has 126 valence electrons. The van der Waals surface area contributed by atoms with Gasteiger partial charge in [0.15, 0.2) is 5.78 Å². The maximum atomic E-state index is 12.1. The van der Waals surface area contributed by atoms with Gasteiger partial charge in [-0.15, -0.1) is 0 Å². The summed E-state index contributed by atoms with van der Waals surface area (Å²) in [5.74, 6) is 0.197. The molecule has 0 aliphatic carbocycles. The Labute approximate surface area is 148 Å². The lowest BCUT2D eigenvalue weighted by Gasteiger charge is -2.36. The lowest BCUT2D eigenvalue weighted by atomic mass is 10.1. The summed E-state index contributed by atoms with van der Waals surface area (Å²) in [5, 5.41) is 0. The van der Waals surface area contributed by atoms with Gasteiger partial charge in [-0.3, -0.25) is 4.79 Å². The van der Waals surface area contributed by atoms with Gasteiger partial charge in [0.25, 0.3) is 0 Å². The number of likely N-dealkylation sites (N-methyl/N-ethyl adjacent to an activating group) is 1. The van der Waals surface area contributed by atoms with Gasteiger partial charge in [0.05, 0.1) is 11.4 Å². The minimum atomic E-state index is 0.197. The largest absolute Gasteiger partial charge is 0.338 e. The van der Waals surface area contributed by atoms with Gasteiger partial charge in [-0.2, -0.15) is 0 Å². The number of anilines is 2. The number of para-hydroxylation sites is 1. The summed E-state index contributed by atoms with van der Waals surface area (Å²) in [6, 6.07) is 15.0. The zero-order valence-corrected chi connectivity index (χ0v) is 15.6. The van der Waals surface area contributed by atoms with Crippen LogP contribution in [0.4, 0.5) is 11.4 Å². The van der Waals surface area contributed by atoms with Gasteiger partial charge >= 0.3 is 0 Å². The average Bonchev–Trinajstić information content (AvgIpc) is 2.60.